The van der Waals surface area contributed by atoms with E-state index in [9.17, 15) is 4.39 Å². The van der Waals surface area contributed by atoms with E-state index in [0.717, 1.165) is 5.56 Å². The van der Waals surface area contributed by atoms with Crippen molar-refractivity contribution in [3.8, 4) is 0 Å². The van der Waals surface area contributed by atoms with Crippen molar-refractivity contribution >= 4 is 11.6 Å². The first-order valence-corrected chi connectivity index (χ1v) is 5.63. The highest BCUT2D eigenvalue weighted by Gasteiger charge is 2.17. The number of hydrogen-bond acceptors (Lipinski definition) is 2. The van der Waals surface area contributed by atoms with Gasteiger partial charge in [0.05, 0.1) is 11.7 Å². The van der Waals surface area contributed by atoms with Crippen molar-refractivity contribution in [2.45, 2.75) is 6.04 Å². The van der Waals surface area contributed by atoms with Gasteiger partial charge in [-0.05, 0) is 36.9 Å². The number of benzene rings is 1. The van der Waals surface area contributed by atoms with Crippen molar-refractivity contribution in [1.82, 2.24) is 10.3 Å². The molecule has 2 rings (SSSR count). The number of aromatic nitrogens is 1. The fourth-order valence-electron chi connectivity index (χ4n) is 1.76. The van der Waals surface area contributed by atoms with Gasteiger partial charge in [0.1, 0.15) is 5.82 Å². The van der Waals surface area contributed by atoms with E-state index >= 15 is 0 Å². The maximum absolute atomic E-state index is 13.7. The minimum atomic E-state index is -0.327. The van der Waals surface area contributed by atoms with Gasteiger partial charge in [-0.25, -0.2) is 4.39 Å². The Labute approximate surface area is 104 Å². The zero-order valence-corrected chi connectivity index (χ0v) is 10.1. The minimum absolute atomic E-state index is 0.296. The second-order valence-corrected chi connectivity index (χ2v) is 4.08. The normalized spacial score (nSPS) is 12.4. The third-order valence-electron chi connectivity index (χ3n) is 2.53. The lowest BCUT2D eigenvalue weighted by molar-refractivity contribution is 0.560. The Hall–Kier alpha value is -1.45. The van der Waals surface area contributed by atoms with Crippen LogP contribution >= 0.6 is 11.6 Å². The first-order valence-electron chi connectivity index (χ1n) is 5.25. The topological polar surface area (TPSA) is 24.9 Å². The van der Waals surface area contributed by atoms with Crippen molar-refractivity contribution in [3.05, 3.63) is 64.7 Å². The second-order valence-electron chi connectivity index (χ2n) is 3.65. The summed E-state index contributed by atoms with van der Waals surface area (Å²) >= 11 is 5.93. The van der Waals surface area contributed by atoms with Crippen LogP contribution in [0.5, 0.6) is 0 Å². The summed E-state index contributed by atoms with van der Waals surface area (Å²) in [7, 11) is 1.76. The molecule has 0 fully saturated rings. The number of pyridine rings is 1. The number of hydrogen-bond donors (Lipinski definition) is 1. The van der Waals surface area contributed by atoms with Crippen molar-refractivity contribution in [1.29, 1.82) is 0 Å². The Bertz CT molecular complexity index is 516. The fourth-order valence-corrected chi connectivity index (χ4v) is 1.96. The molecule has 17 heavy (non-hydrogen) atoms. The summed E-state index contributed by atoms with van der Waals surface area (Å²) in [5.74, 6) is -0.327. The second kappa shape index (κ2) is 5.25. The highest BCUT2D eigenvalue weighted by molar-refractivity contribution is 6.30. The summed E-state index contributed by atoms with van der Waals surface area (Å²) in [5, 5.41) is 3.67. The third-order valence-corrected chi connectivity index (χ3v) is 2.77. The van der Waals surface area contributed by atoms with Gasteiger partial charge in [0.25, 0.3) is 0 Å². The van der Waals surface area contributed by atoms with E-state index in [1.54, 1.807) is 31.4 Å². The van der Waals surface area contributed by atoms with Crippen LogP contribution < -0.4 is 5.32 Å². The van der Waals surface area contributed by atoms with Crippen molar-refractivity contribution in [2.24, 2.45) is 0 Å². The molecule has 0 spiro atoms. The summed E-state index contributed by atoms with van der Waals surface area (Å²) in [4.78, 5) is 4.07. The summed E-state index contributed by atoms with van der Waals surface area (Å²) < 4.78 is 13.7. The minimum Gasteiger partial charge on any atom is -0.308 e. The van der Waals surface area contributed by atoms with E-state index in [4.69, 9.17) is 11.6 Å². The van der Waals surface area contributed by atoms with Gasteiger partial charge in [0, 0.05) is 11.2 Å². The predicted molar refractivity (Wildman–Crippen MR) is 66.5 cm³/mol. The van der Waals surface area contributed by atoms with Gasteiger partial charge in [-0.15, -0.1) is 0 Å². The molecule has 2 nitrogen and oxygen atoms in total. The maximum Gasteiger partial charge on any atom is 0.146 e. The Morgan fingerprint density at radius 3 is 2.76 bits per heavy atom. The first kappa shape index (κ1) is 12.0. The van der Waals surface area contributed by atoms with E-state index in [1.807, 2.05) is 12.1 Å². The molecule has 0 saturated heterocycles. The molecule has 0 radical (unpaired) electrons. The molecule has 1 unspecified atom stereocenters. The third kappa shape index (κ3) is 2.62. The molecular weight excluding hydrogens is 239 g/mol. The van der Waals surface area contributed by atoms with Crippen LogP contribution in [0.25, 0.3) is 0 Å². The number of nitrogens with one attached hydrogen (secondary N) is 1. The first-order chi connectivity index (χ1) is 8.22. The van der Waals surface area contributed by atoms with Crippen LogP contribution in [0, 0.1) is 5.82 Å². The van der Waals surface area contributed by atoms with Gasteiger partial charge in [-0.3, -0.25) is 4.98 Å². The highest BCUT2D eigenvalue weighted by atomic mass is 35.5. The molecule has 1 N–H and O–H groups in total. The van der Waals surface area contributed by atoms with Crippen LogP contribution in [-0.2, 0) is 0 Å². The van der Waals surface area contributed by atoms with E-state index < -0.39 is 0 Å². The van der Waals surface area contributed by atoms with Gasteiger partial charge in [-0.2, -0.15) is 0 Å². The Morgan fingerprint density at radius 1 is 1.29 bits per heavy atom. The van der Waals surface area contributed by atoms with Crippen LogP contribution in [0.3, 0.4) is 0 Å². The summed E-state index contributed by atoms with van der Waals surface area (Å²) in [6, 6.07) is 9.99. The Balaban J connectivity index is 2.44. The fraction of sp³-hybridized carbons (Fsp3) is 0.154. The molecule has 1 aromatic heterocycles. The average molecular weight is 251 g/mol. The lowest BCUT2D eigenvalue weighted by Crippen LogP contribution is -2.20. The maximum atomic E-state index is 13.7. The van der Waals surface area contributed by atoms with Crippen LogP contribution in [0.1, 0.15) is 17.3 Å². The van der Waals surface area contributed by atoms with E-state index in [-0.39, 0.29) is 11.9 Å². The van der Waals surface area contributed by atoms with Gasteiger partial charge in [-0.1, -0.05) is 23.7 Å². The van der Waals surface area contributed by atoms with Gasteiger partial charge >= 0.3 is 0 Å². The van der Waals surface area contributed by atoms with E-state index in [0.29, 0.717) is 10.7 Å². The van der Waals surface area contributed by atoms with Gasteiger partial charge < -0.3 is 5.32 Å². The lowest BCUT2D eigenvalue weighted by Gasteiger charge is -2.16. The quantitative estimate of drug-likeness (QED) is 0.905. The monoisotopic (exact) mass is 250 g/mol. The standard InChI is InChI=1S/C13H12ClFN2/c1-16-12(9-4-2-5-10(14)8-9)13-11(15)6-3-7-17-13/h2-8,12,16H,1H3. The molecule has 2 aromatic rings. The molecule has 88 valence electrons. The SMILES string of the molecule is CNC(c1cccc(Cl)c1)c1ncccc1F. The Kier molecular flexibility index (Phi) is 3.71. The zero-order chi connectivity index (χ0) is 12.3. The highest BCUT2D eigenvalue weighted by Crippen LogP contribution is 2.24. The molecule has 0 aliphatic carbocycles. The molecule has 0 saturated carbocycles. The van der Waals surface area contributed by atoms with Crippen LogP contribution in [0.4, 0.5) is 4.39 Å². The van der Waals surface area contributed by atoms with Gasteiger partial charge in [0.15, 0.2) is 0 Å². The molecule has 0 aliphatic rings. The summed E-state index contributed by atoms with van der Waals surface area (Å²) in [6.07, 6.45) is 1.58. The van der Waals surface area contributed by atoms with Crippen LogP contribution in [0.2, 0.25) is 5.02 Å². The number of halogens is 2. The Morgan fingerprint density at radius 2 is 2.12 bits per heavy atom. The molecule has 0 aliphatic heterocycles. The van der Waals surface area contributed by atoms with Gasteiger partial charge in [0.2, 0.25) is 0 Å². The van der Waals surface area contributed by atoms with Crippen molar-refractivity contribution < 1.29 is 4.39 Å². The van der Waals surface area contributed by atoms with Crippen LogP contribution in [0.15, 0.2) is 42.6 Å². The van der Waals surface area contributed by atoms with Crippen molar-refractivity contribution in [3.63, 3.8) is 0 Å². The van der Waals surface area contributed by atoms with Crippen molar-refractivity contribution in [2.75, 3.05) is 7.05 Å². The average Bonchev–Trinajstić information content (AvgIpc) is 2.33. The largest absolute Gasteiger partial charge is 0.308 e. The van der Waals surface area contributed by atoms with E-state index in [2.05, 4.69) is 10.3 Å². The number of nitrogens with zero attached hydrogens (tertiary/aromatic N) is 1. The van der Waals surface area contributed by atoms with Crippen LogP contribution in [-0.4, -0.2) is 12.0 Å². The lowest BCUT2D eigenvalue weighted by atomic mass is 10.0. The molecular formula is C13H12ClFN2. The zero-order valence-electron chi connectivity index (χ0n) is 9.32. The molecule has 0 amide bonds. The molecule has 4 heteroatoms. The predicted octanol–water partition coefficient (Wildman–Crippen LogP) is 3.18. The van der Waals surface area contributed by atoms with E-state index in [1.165, 1.54) is 6.07 Å². The number of rotatable bonds is 3. The molecule has 0 bridgehead atoms. The molecule has 1 heterocycles. The molecule has 1 atom stereocenters. The smallest absolute Gasteiger partial charge is 0.146 e. The molecule has 1 aromatic carbocycles. The summed E-state index contributed by atoms with van der Waals surface area (Å²) in [5.41, 5.74) is 1.26. The summed E-state index contributed by atoms with van der Waals surface area (Å²) in [6.45, 7) is 0.